The Kier molecular flexibility index (Phi) is 1.72. The number of carbonyl (C=O) groups excluding carboxylic acids is 2. The molecule has 0 aliphatic heterocycles. The van der Waals surface area contributed by atoms with E-state index in [2.05, 4.69) is 18.2 Å². The Morgan fingerprint density at radius 2 is 2.00 bits per heavy atom. The molecule has 0 aromatic heterocycles. The van der Waals surface area contributed by atoms with Crippen LogP contribution in [0.25, 0.3) is 0 Å². The number of Topliss-reactive ketones (excluding diaryl/α,β-unsaturated/α-hetero) is 1. The quantitative estimate of drug-likeness (QED) is 0.596. The molecule has 0 aromatic carbocycles. The number of allylic oxidation sites excluding steroid dienone is 4. The Hall–Kier alpha value is -1.18. The minimum atomic E-state index is 0.0276. The summed E-state index contributed by atoms with van der Waals surface area (Å²) in [5, 5.41) is 0. The average Bonchev–Trinajstić information content (AvgIpc) is 2.99. The summed E-state index contributed by atoms with van der Waals surface area (Å²) < 4.78 is 0. The van der Waals surface area contributed by atoms with Crippen LogP contribution in [0.4, 0.5) is 0 Å². The zero-order valence-electron chi connectivity index (χ0n) is 9.76. The van der Waals surface area contributed by atoms with Gasteiger partial charge in [-0.05, 0) is 36.7 Å². The topological polar surface area (TPSA) is 34.1 Å². The summed E-state index contributed by atoms with van der Waals surface area (Å²) in [5.74, 6) is 2.29. The van der Waals surface area contributed by atoms with Crippen molar-refractivity contribution in [2.24, 2.45) is 29.1 Å². The fourth-order valence-corrected chi connectivity index (χ4v) is 4.81. The molecule has 0 amide bonds. The van der Waals surface area contributed by atoms with Crippen LogP contribution in [0, 0.1) is 29.1 Å². The second-order valence-electron chi connectivity index (χ2n) is 6.18. The lowest BCUT2D eigenvalue weighted by Crippen LogP contribution is -2.41. The predicted molar refractivity (Wildman–Crippen MR) is 63.2 cm³/mol. The Bertz CT molecular complexity index is 473. The van der Waals surface area contributed by atoms with Gasteiger partial charge in [0.1, 0.15) is 5.78 Å². The van der Waals surface area contributed by atoms with Crippen molar-refractivity contribution >= 4 is 11.6 Å². The molecule has 0 aromatic rings. The van der Waals surface area contributed by atoms with Gasteiger partial charge < -0.3 is 0 Å². The predicted octanol–water partition coefficient (Wildman–Crippen LogP) is 2.30. The van der Waals surface area contributed by atoms with Crippen molar-refractivity contribution < 1.29 is 9.59 Å². The smallest absolute Gasteiger partial charge is 0.159 e. The van der Waals surface area contributed by atoms with E-state index in [1.54, 1.807) is 6.08 Å². The van der Waals surface area contributed by atoms with Crippen molar-refractivity contribution in [3.05, 3.63) is 24.3 Å². The van der Waals surface area contributed by atoms with Crippen LogP contribution < -0.4 is 0 Å². The van der Waals surface area contributed by atoms with Crippen LogP contribution in [0.15, 0.2) is 24.3 Å². The van der Waals surface area contributed by atoms with Crippen LogP contribution >= 0.6 is 0 Å². The number of rotatable bonds is 0. The molecule has 2 saturated carbocycles. The minimum absolute atomic E-state index is 0.0276. The lowest BCUT2D eigenvalue weighted by atomic mass is 9.60. The van der Waals surface area contributed by atoms with Crippen LogP contribution in [0.2, 0.25) is 0 Å². The summed E-state index contributed by atoms with van der Waals surface area (Å²) in [6.07, 6.45) is 11.9. The molecule has 0 N–H and O–H groups in total. The molecule has 2 heteroatoms. The first-order chi connectivity index (χ1) is 8.20. The molecular weight excluding hydrogens is 212 g/mol. The van der Waals surface area contributed by atoms with Gasteiger partial charge in [0.2, 0.25) is 0 Å². The van der Waals surface area contributed by atoms with E-state index >= 15 is 0 Å². The SMILES string of the molecule is O=C1CC[C@@]2(C=CC(=O)[C@H]3[C@@H]2[C@H]2C=C[C@@H]3C2)C1. The molecule has 1 spiro atoms. The number of hydrogen-bond acceptors (Lipinski definition) is 2. The molecule has 2 nitrogen and oxygen atoms in total. The number of ketones is 2. The van der Waals surface area contributed by atoms with E-state index in [0.717, 1.165) is 12.8 Å². The summed E-state index contributed by atoms with van der Waals surface area (Å²) in [6.45, 7) is 0. The average molecular weight is 228 g/mol. The van der Waals surface area contributed by atoms with Crippen molar-refractivity contribution in [3.63, 3.8) is 0 Å². The molecule has 4 rings (SSSR count). The van der Waals surface area contributed by atoms with Gasteiger partial charge in [0.15, 0.2) is 5.78 Å². The molecule has 0 saturated heterocycles. The van der Waals surface area contributed by atoms with E-state index in [-0.39, 0.29) is 11.3 Å². The first-order valence-corrected chi connectivity index (χ1v) is 6.63. The van der Waals surface area contributed by atoms with Crippen LogP contribution in [-0.2, 0) is 9.59 Å². The van der Waals surface area contributed by atoms with Crippen LogP contribution in [-0.4, -0.2) is 11.6 Å². The van der Waals surface area contributed by atoms with E-state index < -0.39 is 0 Å². The molecule has 88 valence electrons. The lowest BCUT2D eigenvalue weighted by molar-refractivity contribution is -0.124. The highest BCUT2D eigenvalue weighted by molar-refractivity contribution is 5.95. The van der Waals surface area contributed by atoms with Crippen molar-refractivity contribution in [1.29, 1.82) is 0 Å². The number of carbonyl (C=O) groups is 2. The van der Waals surface area contributed by atoms with E-state index in [0.29, 0.717) is 42.2 Å². The Labute approximate surface area is 101 Å². The molecule has 0 unspecified atom stereocenters. The number of fused-ring (bicyclic) bond motifs is 6. The maximum absolute atomic E-state index is 12.1. The van der Waals surface area contributed by atoms with Gasteiger partial charge in [0, 0.05) is 24.2 Å². The second-order valence-corrected chi connectivity index (χ2v) is 6.18. The highest BCUT2D eigenvalue weighted by Gasteiger charge is 2.58. The van der Waals surface area contributed by atoms with Crippen LogP contribution in [0.1, 0.15) is 25.7 Å². The molecule has 2 bridgehead atoms. The molecule has 4 aliphatic carbocycles. The monoisotopic (exact) mass is 228 g/mol. The van der Waals surface area contributed by atoms with E-state index in [1.807, 2.05) is 0 Å². The summed E-state index contributed by atoms with van der Waals surface area (Å²) in [4.78, 5) is 23.7. The molecule has 2 fully saturated rings. The van der Waals surface area contributed by atoms with Gasteiger partial charge in [-0.1, -0.05) is 18.2 Å². The lowest BCUT2D eigenvalue weighted by Gasteiger charge is -2.42. The Morgan fingerprint density at radius 3 is 2.76 bits per heavy atom. The summed E-state index contributed by atoms with van der Waals surface area (Å²) in [5.41, 5.74) is 0.0276. The maximum atomic E-state index is 12.1. The van der Waals surface area contributed by atoms with Gasteiger partial charge in [-0.2, -0.15) is 0 Å². The standard InChI is InChI=1S/C15H16O2/c16-11-3-5-15(8-11)6-4-12(17)13-9-1-2-10(7-9)14(13)15/h1-2,4,6,9-10,13-14H,3,5,7-8H2/t9-,10+,13+,14+,15-/m1/s1. The second kappa shape index (κ2) is 2.98. The van der Waals surface area contributed by atoms with Gasteiger partial charge in [-0.3, -0.25) is 9.59 Å². The minimum Gasteiger partial charge on any atom is -0.300 e. The first-order valence-electron chi connectivity index (χ1n) is 6.63. The van der Waals surface area contributed by atoms with Crippen LogP contribution in [0.3, 0.4) is 0 Å². The third-order valence-electron chi connectivity index (χ3n) is 5.43. The molecule has 0 radical (unpaired) electrons. The van der Waals surface area contributed by atoms with E-state index in [4.69, 9.17) is 0 Å². The summed E-state index contributed by atoms with van der Waals surface area (Å²) >= 11 is 0. The van der Waals surface area contributed by atoms with Gasteiger partial charge in [-0.25, -0.2) is 0 Å². The van der Waals surface area contributed by atoms with E-state index in [9.17, 15) is 9.59 Å². The zero-order valence-corrected chi connectivity index (χ0v) is 9.76. The van der Waals surface area contributed by atoms with Gasteiger partial charge in [0.25, 0.3) is 0 Å². The van der Waals surface area contributed by atoms with Crippen molar-refractivity contribution in [1.82, 2.24) is 0 Å². The highest BCUT2D eigenvalue weighted by atomic mass is 16.1. The van der Waals surface area contributed by atoms with Crippen molar-refractivity contribution in [2.45, 2.75) is 25.7 Å². The normalized spacial score (nSPS) is 50.6. The van der Waals surface area contributed by atoms with Crippen LogP contribution in [0.5, 0.6) is 0 Å². The summed E-state index contributed by atoms with van der Waals surface area (Å²) in [6, 6.07) is 0. The first kappa shape index (κ1) is 9.81. The summed E-state index contributed by atoms with van der Waals surface area (Å²) in [7, 11) is 0. The van der Waals surface area contributed by atoms with Crippen molar-refractivity contribution in [2.75, 3.05) is 0 Å². The Balaban J connectivity index is 1.82. The zero-order chi connectivity index (χ0) is 11.6. The fraction of sp³-hybridized carbons (Fsp3) is 0.600. The Morgan fingerprint density at radius 1 is 1.18 bits per heavy atom. The molecule has 17 heavy (non-hydrogen) atoms. The van der Waals surface area contributed by atoms with Gasteiger partial charge in [-0.15, -0.1) is 0 Å². The third-order valence-corrected chi connectivity index (χ3v) is 5.43. The van der Waals surface area contributed by atoms with E-state index in [1.165, 1.54) is 0 Å². The fourth-order valence-electron chi connectivity index (χ4n) is 4.81. The molecule has 4 aliphatic rings. The van der Waals surface area contributed by atoms with Gasteiger partial charge in [0.05, 0.1) is 0 Å². The van der Waals surface area contributed by atoms with Crippen molar-refractivity contribution in [3.8, 4) is 0 Å². The number of hydrogen-bond donors (Lipinski definition) is 0. The largest absolute Gasteiger partial charge is 0.300 e. The molecule has 5 atom stereocenters. The van der Waals surface area contributed by atoms with Gasteiger partial charge >= 0.3 is 0 Å². The third kappa shape index (κ3) is 1.11. The highest BCUT2D eigenvalue weighted by Crippen LogP contribution is 2.61. The molecular formula is C15H16O2. The maximum Gasteiger partial charge on any atom is 0.159 e. The molecule has 0 heterocycles.